The van der Waals surface area contributed by atoms with Gasteiger partial charge in [0.1, 0.15) is 18.0 Å². The molecule has 2 aromatic carbocycles. The second kappa shape index (κ2) is 8.73. The van der Waals surface area contributed by atoms with Gasteiger partial charge in [-0.3, -0.25) is 0 Å². The number of nitrogens with one attached hydrogen (secondary N) is 1. The van der Waals surface area contributed by atoms with E-state index in [-0.39, 0.29) is 5.41 Å². The maximum atomic E-state index is 5.69. The summed E-state index contributed by atoms with van der Waals surface area (Å²) < 4.78 is 13.8. The van der Waals surface area contributed by atoms with Crippen LogP contribution in [-0.2, 0) is 5.41 Å². The lowest BCUT2D eigenvalue weighted by Crippen LogP contribution is -2.30. The second-order valence-electron chi connectivity index (χ2n) is 7.49. The molecule has 1 N–H and O–H groups in total. The minimum atomic E-state index is -0.0206. The predicted molar refractivity (Wildman–Crippen MR) is 122 cm³/mol. The molecule has 0 saturated heterocycles. The highest BCUT2D eigenvalue weighted by atomic mass is 16.5. The normalized spacial score (nSPS) is 18.3. The second-order valence-corrected chi connectivity index (χ2v) is 7.49. The third-order valence-corrected chi connectivity index (χ3v) is 6.00. The largest absolute Gasteiger partial charge is 0.496 e. The van der Waals surface area contributed by atoms with Crippen molar-refractivity contribution in [2.45, 2.75) is 39.5 Å². The molecule has 4 nitrogen and oxygen atoms in total. The summed E-state index contributed by atoms with van der Waals surface area (Å²) in [6.07, 6.45) is 5.40. The van der Waals surface area contributed by atoms with E-state index in [0.29, 0.717) is 0 Å². The molecular weight excluding hydrogens is 360 g/mol. The van der Waals surface area contributed by atoms with Gasteiger partial charge in [-0.15, -0.1) is 0 Å². The van der Waals surface area contributed by atoms with Gasteiger partial charge in [-0.1, -0.05) is 25.1 Å². The van der Waals surface area contributed by atoms with Gasteiger partial charge in [0, 0.05) is 42.1 Å². The van der Waals surface area contributed by atoms with Crippen molar-refractivity contribution in [2.24, 2.45) is 0 Å². The molecule has 1 atom stereocenters. The molecule has 1 aliphatic heterocycles. The van der Waals surface area contributed by atoms with Gasteiger partial charge in [0.25, 0.3) is 0 Å². The standard InChI is InChI=1S/C25H32N2O2/c1-7-25(4)20-12-10-11-13-21(20)27(9-3)24(25)15-14-19-22(28-5)16-18(26-8-2)17-23(19)29-6/h10-17H,7-9H2,1-6H3/p+1. The Morgan fingerprint density at radius 2 is 1.66 bits per heavy atom. The van der Waals surface area contributed by atoms with Crippen LogP contribution < -0.4 is 14.8 Å². The highest BCUT2D eigenvalue weighted by Gasteiger charge is 2.45. The molecule has 0 spiro atoms. The van der Waals surface area contributed by atoms with Gasteiger partial charge in [0.2, 0.25) is 5.69 Å². The van der Waals surface area contributed by atoms with Crippen LogP contribution in [0.1, 0.15) is 45.2 Å². The first kappa shape index (κ1) is 21.0. The Labute approximate surface area is 174 Å². The Kier molecular flexibility index (Phi) is 6.31. The average molecular weight is 394 g/mol. The number of ether oxygens (including phenoxy) is 2. The Balaban J connectivity index is 2.12. The van der Waals surface area contributed by atoms with Crippen LogP contribution in [0.3, 0.4) is 0 Å². The quantitative estimate of drug-likeness (QED) is 0.590. The summed E-state index contributed by atoms with van der Waals surface area (Å²) in [7, 11) is 3.41. The molecule has 0 aromatic heterocycles. The SMILES string of the molecule is CCNc1cc(OC)c(/C=C/C2=[N+](CC)c3ccccc3C2(C)CC)c(OC)c1. The molecule has 29 heavy (non-hydrogen) atoms. The summed E-state index contributed by atoms with van der Waals surface area (Å²) in [5.74, 6) is 1.60. The van der Waals surface area contributed by atoms with Gasteiger partial charge in [-0.05, 0) is 33.3 Å². The minimum Gasteiger partial charge on any atom is -0.496 e. The van der Waals surface area contributed by atoms with E-state index in [2.05, 4.69) is 74.0 Å². The summed E-state index contributed by atoms with van der Waals surface area (Å²) >= 11 is 0. The first-order chi connectivity index (χ1) is 14.0. The molecular formula is C25H33N2O2+. The van der Waals surface area contributed by atoms with Crippen LogP contribution in [-0.4, -0.2) is 37.6 Å². The highest BCUT2D eigenvalue weighted by Crippen LogP contribution is 2.43. The number of para-hydroxylation sites is 1. The number of allylic oxidation sites excluding steroid dienone is 1. The molecule has 0 radical (unpaired) electrons. The maximum absolute atomic E-state index is 5.69. The summed E-state index contributed by atoms with van der Waals surface area (Å²) in [6.45, 7) is 10.7. The van der Waals surface area contributed by atoms with Crippen molar-refractivity contribution < 1.29 is 14.0 Å². The fourth-order valence-electron chi connectivity index (χ4n) is 4.30. The third kappa shape index (κ3) is 3.64. The van der Waals surface area contributed by atoms with Crippen LogP contribution in [0.2, 0.25) is 0 Å². The number of methoxy groups -OCH3 is 2. The van der Waals surface area contributed by atoms with Gasteiger partial charge in [-0.25, -0.2) is 0 Å². The molecule has 1 aliphatic rings. The monoisotopic (exact) mass is 393 g/mol. The van der Waals surface area contributed by atoms with Crippen molar-refractivity contribution in [1.29, 1.82) is 0 Å². The van der Waals surface area contributed by atoms with E-state index in [0.717, 1.165) is 42.3 Å². The summed E-state index contributed by atoms with van der Waals surface area (Å²) in [5.41, 5.74) is 5.93. The van der Waals surface area contributed by atoms with Crippen molar-refractivity contribution in [3.63, 3.8) is 0 Å². The minimum absolute atomic E-state index is 0.0206. The molecule has 2 aromatic rings. The van der Waals surface area contributed by atoms with Crippen molar-refractivity contribution in [2.75, 3.05) is 32.6 Å². The zero-order valence-corrected chi connectivity index (χ0v) is 18.5. The topological polar surface area (TPSA) is 33.5 Å². The fourth-order valence-corrected chi connectivity index (χ4v) is 4.30. The first-order valence-electron chi connectivity index (χ1n) is 10.5. The number of anilines is 1. The van der Waals surface area contributed by atoms with Gasteiger partial charge in [0.15, 0.2) is 5.71 Å². The summed E-state index contributed by atoms with van der Waals surface area (Å²) in [5, 5.41) is 3.33. The molecule has 0 saturated carbocycles. The molecule has 0 fully saturated rings. The molecule has 0 amide bonds. The lowest BCUT2D eigenvalue weighted by atomic mass is 9.77. The Morgan fingerprint density at radius 3 is 2.21 bits per heavy atom. The van der Waals surface area contributed by atoms with Crippen molar-refractivity contribution in [1.82, 2.24) is 0 Å². The van der Waals surface area contributed by atoms with Crippen LogP contribution >= 0.6 is 0 Å². The maximum Gasteiger partial charge on any atom is 0.209 e. The average Bonchev–Trinajstić information content (AvgIpc) is 3.00. The Hall–Kier alpha value is -2.75. The highest BCUT2D eigenvalue weighted by molar-refractivity contribution is 6.06. The van der Waals surface area contributed by atoms with Gasteiger partial charge < -0.3 is 14.8 Å². The van der Waals surface area contributed by atoms with Crippen molar-refractivity contribution in [3.05, 3.63) is 53.6 Å². The van der Waals surface area contributed by atoms with E-state index in [1.807, 2.05) is 12.1 Å². The molecule has 1 unspecified atom stereocenters. The van der Waals surface area contributed by atoms with E-state index >= 15 is 0 Å². The van der Waals surface area contributed by atoms with Gasteiger partial charge in [0.05, 0.1) is 25.2 Å². The van der Waals surface area contributed by atoms with Crippen LogP contribution in [0, 0.1) is 0 Å². The van der Waals surface area contributed by atoms with E-state index in [1.54, 1.807) is 14.2 Å². The van der Waals surface area contributed by atoms with Crippen LogP contribution in [0.4, 0.5) is 11.4 Å². The van der Waals surface area contributed by atoms with Crippen LogP contribution in [0.5, 0.6) is 11.5 Å². The van der Waals surface area contributed by atoms with Crippen LogP contribution in [0.15, 0.2) is 42.5 Å². The number of hydrogen-bond donors (Lipinski definition) is 1. The number of benzene rings is 2. The van der Waals surface area contributed by atoms with Crippen molar-refractivity contribution >= 4 is 23.2 Å². The fraction of sp³-hybridized carbons (Fsp3) is 0.400. The molecule has 154 valence electrons. The third-order valence-electron chi connectivity index (χ3n) is 6.00. The van der Waals surface area contributed by atoms with Gasteiger partial charge >= 0.3 is 0 Å². The van der Waals surface area contributed by atoms with Crippen LogP contribution in [0.25, 0.3) is 6.08 Å². The molecule has 4 heteroatoms. The summed E-state index contributed by atoms with van der Waals surface area (Å²) in [4.78, 5) is 0. The molecule has 3 rings (SSSR count). The Bertz CT molecular complexity index is 921. The zero-order valence-electron chi connectivity index (χ0n) is 18.5. The Morgan fingerprint density at radius 1 is 1.00 bits per heavy atom. The molecule has 0 bridgehead atoms. The lowest BCUT2D eigenvalue weighted by molar-refractivity contribution is -0.433. The predicted octanol–water partition coefficient (Wildman–Crippen LogP) is 5.64. The number of nitrogens with zero attached hydrogens (tertiary/aromatic N) is 1. The number of fused-ring (bicyclic) bond motifs is 1. The van der Waals surface area contributed by atoms with E-state index in [1.165, 1.54) is 17.0 Å². The lowest BCUT2D eigenvalue weighted by Gasteiger charge is -2.20. The van der Waals surface area contributed by atoms with E-state index < -0.39 is 0 Å². The number of hydrogen-bond acceptors (Lipinski definition) is 3. The summed E-state index contributed by atoms with van der Waals surface area (Å²) in [6, 6.07) is 12.8. The number of rotatable bonds is 8. The zero-order chi connectivity index (χ0) is 21.0. The van der Waals surface area contributed by atoms with E-state index in [9.17, 15) is 0 Å². The van der Waals surface area contributed by atoms with Gasteiger partial charge in [-0.2, -0.15) is 4.58 Å². The molecule has 1 heterocycles. The smallest absolute Gasteiger partial charge is 0.209 e. The van der Waals surface area contributed by atoms with E-state index in [4.69, 9.17) is 9.47 Å². The molecule has 0 aliphatic carbocycles. The first-order valence-corrected chi connectivity index (χ1v) is 10.5. The van der Waals surface area contributed by atoms with Crippen molar-refractivity contribution in [3.8, 4) is 11.5 Å².